The van der Waals surface area contributed by atoms with Gasteiger partial charge in [-0.2, -0.15) is 0 Å². The topological polar surface area (TPSA) is 43.8 Å². The van der Waals surface area contributed by atoms with Crippen LogP contribution in [0.5, 0.6) is 0 Å². The van der Waals surface area contributed by atoms with Gasteiger partial charge < -0.3 is 14.9 Å². The number of hydrogen-bond acceptors (Lipinski definition) is 4. The molecule has 21 heavy (non-hydrogen) atoms. The highest BCUT2D eigenvalue weighted by Crippen LogP contribution is 2.21. The van der Waals surface area contributed by atoms with Gasteiger partial charge in [0.2, 0.25) is 0 Å². The van der Waals surface area contributed by atoms with Gasteiger partial charge in [0, 0.05) is 25.0 Å². The van der Waals surface area contributed by atoms with Crippen molar-refractivity contribution in [3.05, 3.63) is 21.9 Å². The Bertz CT molecular complexity index is 534. The number of likely N-dealkylation sites (tertiary alicyclic amines) is 1. The van der Waals surface area contributed by atoms with E-state index in [1.54, 1.807) is 0 Å². The molecule has 4 nitrogen and oxygen atoms in total. The number of carbonyl (C=O) groups excluding carboxylic acids is 1. The molecule has 0 radical (unpaired) electrons. The SMILES string of the molecule is CN(C)CC1CCN(C(=O)c2csc(C#CCO)c2)CC1. The summed E-state index contributed by atoms with van der Waals surface area (Å²) in [6.07, 6.45) is 2.15. The number of rotatable bonds is 3. The van der Waals surface area contributed by atoms with Crippen molar-refractivity contribution in [2.24, 2.45) is 5.92 Å². The highest BCUT2D eigenvalue weighted by Gasteiger charge is 2.24. The maximum atomic E-state index is 12.4. The molecule has 2 heterocycles. The minimum Gasteiger partial charge on any atom is -0.384 e. The lowest BCUT2D eigenvalue weighted by molar-refractivity contribution is 0.0678. The van der Waals surface area contributed by atoms with Crippen LogP contribution in [0.3, 0.4) is 0 Å². The first-order chi connectivity index (χ1) is 10.1. The number of nitrogens with zero attached hydrogens (tertiary/aromatic N) is 2. The summed E-state index contributed by atoms with van der Waals surface area (Å²) in [4.78, 5) is 17.4. The predicted molar refractivity (Wildman–Crippen MR) is 85.5 cm³/mol. The molecule has 1 saturated heterocycles. The molecule has 1 aliphatic rings. The maximum absolute atomic E-state index is 12.4. The van der Waals surface area contributed by atoms with Crippen molar-refractivity contribution in [2.45, 2.75) is 12.8 Å². The highest BCUT2D eigenvalue weighted by atomic mass is 32.1. The zero-order chi connectivity index (χ0) is 15.2. The zero-order valence-corrected chi connectivity index (χ0v) is 13.4. The van der Waals surface area contributed by atoms with E-state index in [2.05, 4.69) is 30.8 Å². The van der Waals surface area contributed by atoms with Crippen molar-refractivity contribution in [2.75, 3.05) is 40.3 Å². The normalized spacial score (nSPS) is 15.9. The summed E-state index contributed by atoms with van der Waals surface area (Å²) in [7, 11) is 4.19. The quantitative estimate of drug-likeness (QED) is 0.861. The average Bonchev–Trinajstić information content (AvgIpc) is 2.93. The molecular weight excluding hydrogens is 284 g/mol. The van der Waals surface area contributed by atoms with Gasteiger partial charge in [-0.25, -0.2) is 0 Å². The summed E-state index contributed by atoms with van der Waals surface area (Å²) >= 11 is 1.45. The van der Waals surface area contributed by atoms with Gasteiger partial charge in [-0.05, 0) is 38.9 Å². The number of hydrogen-bond donors (Lipinski definition) is 1. The number of carbonyl (C=O) groups is 1. The fourth-order valence-corrected chi connectivity index (χ4v) is 3.41. The molecule has 0 spiro atoms. The smallest absolute Gasteiger partial charge is 0.254 e. The third kappa shape index (κ3) is 4.57. The van der Waals surface area contributed by atoms with Gasteiger partial charge in [-0.1, -0.05) is 11.8 Å². The van der Waals surface area contributed by atoms with Crippen molar-refractivity contribution in [3.8, 4) is 11.8 Å². The maximum Gasteiger partial charge on any atom is 0.254 e. The van der Waals surface area contributed by atoms with Crippen molar-refractivity contribution in [1.82, 2.24) is 9.80 Å². The number of aliphatic hydroxyl groups excluding tert-OH is 1. The zero-order valence-electron chi connectivity index (χ0n) is 12.6. The molecule has 1 N–H and O–H groups in total. The Morgan fingerprint density at radius 2 is 2.19 bits per heavy atom. The molecule has 0 atom stereocenters. The lowest BCUT2D eigenvalue weighted by atomic mass is 9.96. The number of piperidine rings is 1. The van der Waals surface area contributed by atoms with Gasteiger partial charge in [0.15, 0.2) is 0 Å². The van der Waals surface area contributed by atoms with Crippen LogP contribution in [0, 0.1) is 17.8 Å². The third-order valence-corrected chi connectivity index (χ3v) is 4.51. The van der Waals surface area contributed by atoms with Gasteiger partial charge in [-0.15, -0.1) is 11.3 Å². The van der Waals surface area contributed by atoms with E-state index in [1.807, 2.05) is 16.3 Å². The van der Waals surface area contributed by atoms with E-state index < -0.39 is 0 Å². The molecule has 2 rings (SSSR count). The van der Waals surface area contributed by atoms with Crippen LogP contribution < -0.4 is 0 Å². The number of thiophene rings is 1. The average molecular weight is 306 g/mol. The van der Waals surface area contributed by atoms with Crippen LogP contribution in [0.2, 0.25) is 0 Å². The van der Waals surface area contributed by atoms with E-state index in [9.17, 15) is 4.79 Å². The molecule has 0 saturated carbocycles. The highest BCUT2D eigenvalue weighted by molar-refractivity contribution is 7.10. The minimum atomic E-state index is -0.152. The third-order valence-electron chi connectivity index (χ3n) is 3.66. The molecular formula is C16H22N2O2S. The first-order valence-corrected chi connectivity index (χ1v) is 8.10. The summed E-state index contributed by atoms with van der Waals surface area (Å²) in [5.74, 6) is 6.25. The lowest BCUT2D eigenvalue weighted by Gasteiger charge is -2.33. The lowest BCUT2D eigenvalue weighted by Crippen LogP contribution is -2.40. The second kappa shape index (κ2) is 7.60. The largest absolute Gasteiger partial charge is 0.384 e. The van der Waals surface area contributed by atoms with Crippen LogP contribution in [-0.2, 0) is 0 Å². The van der Waals surface area contributed by atoms with Crippen LogP contribution in [-0.4, -0.2) is 61.2 Å². The Labute approximate surface area is 130 Å². The van der Waals surface area contributed by atoms with Gasteiger partial charge >= 0.3 is 0 Å². The van der Waals surface area contributed by atoms with E-state index in [-0.39, 0.29) is 12.5 Å². The molecule has 114 valence electrons. The van der Waals surface area contributed by atoms with Crippen LogP contribution in [0.15, 0.2) is 11.4 Å². The molecule has 1 aliphatic heterocycles. The monoisotopic (exact) mass is 306 g/mol. The van der Waals surface area contributed by atoms with Gasteiger partial charge in [0.25, 0.3) is 5.91 Å². The second-order valence-corrected chi connectivity index (χ2v) is 6.57. The molecule has 1 fully saturated rings. The molecule has 5 heteroatoms. The fraction of sp³-hybridized carbons (Fsp3) is 0.562. The van der Waals surface area contributed by atoms with Crippen LogP contribution >= 0.6 is 11.3 Å². The van der Waals surface area contributed by atoms with Crippen LogP contribution in [0.25, 0.3) is 0 Å². The standard InChI is InChI=1S/C16H22N2O2S/c1-17(2)11-13-5-7-18(8-6-13)16(20)14-10-15(21-12-14)4-3-9-19/h10,12-13,19H,5-9,11H2,1-2H3. The molecule has 1 aromatic heterocycles. The van der Waals surface area contributed by atoms with E-state index in [4.69, 9.17) is 5.11 Å². The number of amides is 1. The molecule has 0 bridgehead atoms. The molecule has 1 aromatic rings. The van der Waals surface area contributed by atoms with Gasteiger partial charge in [0.1, 0.15) is 6.61 Å². The van der Waals surface area contributed by atoms with Crippen molar-refractivity contribution >= 4 is 17.2 Å². The first kappa shape index (κ1) is 16.0. The Kier molecular flexibility index (Phi) is 5.80. The number of aliphatic hydroxyl groups is 1. The van der Waals surface area contributed by atoms with Crippen LogP contribution in [0.4, 0.5) is 0 Å². The van der Waals surface area contributed by atoms with Gasteiger partial charge in [-0.3, -0.25) is 4.79 Å². The Hall–Kier alpha value is -1.35. The molecule has 1 amide bonds. The first-order valence-electron chi connectivity index (χ1n) is 7.22. The predicted octanol–water partition coefficient (Wildman–Crippen LogP) is 1.51. The van der Waals surface area contributed by atoms with Gasteiger partial charge in [0.05, 0.1) is 10.4 Å². The second-order valence-electron chi connectivity index (χ2n) is 5.66. The summed E-state index contributed by atoms with van der Waals surface area (Å²) in [6.45, 7) is 2.62. The molecule has 0 aliphatic carbocycles. The van der Waals surface area contributed by atoms with E-state index in [0.29, 0.717) is 11.5 Å². The summed E-state index contributed by atoms with van der Waals surface area (Å²) < 4.78 is 0. The Morgan fingerprint density at radius 1 is 1.48 bits per heavy atom. The summed E-state index contributed by atoms with van der Waals surface area (Å²) in [6, 6.07) is 1.82. The Balaban J connectivity index is 1.91. The molecule has 0 aromatic carbocycles. The molecule has 0 unspecified atom stereocenters. The fourth-order valence-electron chi connectivity index (χ4n) is 2.66. The van der Waals surface area contributed by atoms with E-state index in [0.717, 1.165) is 37.4 Å². The van der Waals surface area contributed by atoms with E-state index >= 15 is 0 Å². The van der Waals surface area contributed by atoms with E-state index in [1.165, 1.54) is 11.3 Å². The van der Waals surface area contributed by atoms with Crippen molar-refractivity contribution in [3.63, 3.8) is 0 Å². The summed E-state index contributed by atoms with van der Waals surface area (Å²) in [5, 5.41) is 10.5. The minimum absolute atomic E-state index is 0.103. The Morgan fingerprint density at radius 3 is 2.81 bits per heavy atom. The van der Waals surface area contributed by atoms with Crippen LogP contribution in [0.1, 0.15) is 28.1 Å². The van der Waals surface area contributed by atoms with Crippen molar-refractivity contribution in [1.29, 1.82) is 0 Å². The summed E-state index contributed by atoms with van der Waals surface area (Å²) in [5.41, 5.74) is 0.716. The van der Waals surface area contributed by atoms with Crippen molar-refractivity contribution < 1.29 is 9.90 Å².